The predicted molar refractivity (Wildman–Crippen MR) is 77.0 cm³/mol. The minimum absolute atomic E-state index is 0.297. The molecule has 5 nitrogen and oxygen atoms in total. The van der Waals surface area contributed by atoms with Crippen molar-refractivity contribution in [2.75, 3.05) is 18.4 Å². The molecule has 0 aliphatic carbocycles. The number of hydrogen-bond acceptors (Lipinski definition) is 2. The summed E-state index contributed by atoms with van der Waals surface area (Å²) in [4.78, 5) is 24.3. The van der Waals surface area contributed by atoms with Crippen LogP contribution in [-0.2, 0) is 9.59 Å². The molecule has 1 aliphatic heterocycles. The van der Waals surface area contributed by atoms with Crippen LogP contribution in [0.15, 0.2) is 12.1 Å². The standard InChI is InChI=1S/C15H18F3N3O2/c1-8(21-6-2-3-9(7-21)14(19)22)15(23)20-11-5-4-10(16)12(17)13(11)18/h4-5,8-9H,2-3,6-7H2,1H3,(H2,19,22)(H,20,23)/p+1/t8-,9-/m0/s1. The molecule has 1 heterocycles. The van der Waals surface area contributed by atoms with E-state index in [4.69, 9.17) is 5.73 Å². The SMILES string of the molecule is C[C@@H](C(=O)Nc1ccc(F)c(F)c1F)[NH+]1CCC[C@H](C(N)=O)C1. The Hall–Kier alpha value is -2.09. The zero-order valence-electron chi connectivity index (χ0n) is 12.7. The van der Waals surface area contributed by atoms with Crippen molar-refractivity contribution in [1.82, 2.24) is 0 Å². The first-order valence-corrected chi connectivity index (χ1v) is 7.39. The van der Waals surface area contributed by atoms with E-state index >= 15 is 0 Å². The molecule has 3 atom stereocenters. The van der Waals surface area contributed by atoms with Gasteiger partial charge in [-0.05, 0) is 31.9 Å². The summed E-state index contributed by atoms with van der Waals surface area (Å²) in [6.45, 7) is 2.73. The molecular weight excluding hydrogens is 311 g/mol. The van der Waals surface area contributed by atoms with Crippen LogP contribution in [0, 0.1) is 23.4 Å². The number of carbonyl (C=O) groups is 2. The monoisotopic (exact) mass is 330 g/mol. The third-order valence-electron chi connectivity index (χ3n) is 4.26. The van der Waals surface area contributed by atoms with Gasteiger partial charge in [0.2, 0.25) is 5.91 Å². The second kappa shape index (κ2) is 6.99. The summed E-state index contributed by atoms with van der Waals surface area (Å²) in [5.74, 6) is -5.62. The molecule has 4 N–H and O–H groups in total. The lowest BCUT2D eigenvalue weighted by molar-refractivity contribution is -0.921. The molecular formula is C15H19F3N3O2+. The van der Waals surface area contributed by atoms with Crippen LogP contribution < -0.4 is 16.0 Å². The number of piperidine rings is 1. The average molecular weight is 330 g/mol. The molecule has 0 aromatic heterocycles. The number of hydrogen-bond donors (Lipinski definition) is 3. The van der Waals surface area contributed by atoms with Gasteiger partial charge >= 0.3 is 0 Å². The number of nitrogens with two attached hydrogens (primary N) is 1. The summed E-state index contributed by atoms with van der Waals surface area (Å²) in [6, 6.07) is 1.13. The molecule has 8 heteroatoms. The highest BCUT2D eigenvalue weighted by Crippen LogP contribution is 2.19. The summed E-state index contributed by atoms with van der Waals surface area (Å²) in [7, 11) is 0. The summed E-state index contributed by atoms with van der Waals surface area (Å²) in [5.41, 5.74) is 4.89. The zero-order valence-corrected chi connectivity index (χ0v) is 12.7. The van der Waals surface area contributed by atoms with Crippen molar-refractivity contribution in [1.29, 1.82) is 0 Å². The van der Waals surface area contributed by atoms with Gasteiger partial charge in [-0.2, -0.15) is 0 Å². The Morgan fingerprint density at radius 1 is 1.30 bits per heavy atom. The van der Waals surface area contributed by atoms with E-state index in [0.717, 1.165) is 23.5 Å². The molecule has 1 aromatic rings. The normalized spacial score (nSPS) is 22.4. The number of primary amides is 1. The molecule has 126 valence electrons. The van der Waals surface area contributed by atoms with E-state index in [9.17, 15) is 22.8 Å². The number of amides is 2. The van der Waals surface area contributed by atoms with Gasteiger partial charge in [-0.25, -0.2) is 13.2 Å². The largest absolute Gasteiger partial charge is 0.369 e. The number of anilines is 1. The fraction of sp³-hybridized carbons (Fsp3) is 0.467. The van der Waals surface area contributed by atoms with Crippen molar-refractivity contribution in [2.24, 2.45) is 11.7 Å². The summed E-state index contributed by atoms with van der Waals surface area (Å²) in [6.07, 6.45) is 1.44. The van der Waals surface area contributed by atoms with Crippen LogP contribution in [-0.4, -0.2) is 30.9 Å². The first-order chi connectivity index (χ1) is 10.8. The maximum atomic E-state index is 13.6. The zero-order chi connectivity index (χ0) is 17.1. The van der Waals surface area contributed by atoms with Crippen molar-refractivity contribution in [3.63, 3.8) is 0 Å². The second-order valence-corrected chi connectivity index (χ2v) is 5.79. The van der Waals surface area contributed by atoms with E-state index in [1.54, 1.807) is 6.92 Å². The lowest BCUT2D eigenvalue weighted by atomic mass is 9.96. The van der Waals surface area contributed by atoms with E-state index in [0.29, 0.717) is 19.5 Å². The Bertz CT molecular complexity index is 624. The van der Waals surface area contributed by atoms with Gasteiger partial charge in [0.05, 0.1) is 24.7 Å². The lowest BCUT2D eigenvalue weighted by Gasteiger charge is -2.31. The topological polar surface area (TPSA) is 76.6 Å². The third kappa shape index (κ3) is 3.82. The summed E-state index contributed by atoms with van der Waals surface area (Å²) < 4.78 is 39.7. The summed E-state index contributed by atoms with van der Waals surface area (Å²) in [5, 5.41) is 2.26. The number of carbonyl (C=O) groups excluding carboxylic acids is 2. The molecule has 2 rings (SSSR count). The first-order valence-electron chi connectivity index (χ1n) is 7.39. The lowest BCUT2D eigenvalue weighted by Crippen LogP contribution is -3.18. The number of likely N-dealkylation sites (tertiary alicyclic amines) is 1. The van der Waals surface area contributed by atoms with Crippen LogP contribution in [0.1, 0.15) is 19.8 Å². The highest BCUT2D eigenvalue weighted by molar-refractivity contribution is 5.93. The molecule has 1 fully saturated rings. The molecule has 1 unspecified atom stereocenters. The Morgan fingerprint density at radius 2 is 2.00 bits per heavy atom. The molecule has 0 bridgehead atoms. The van der Waals surface area contributed by atoms with Gasteiger partial charge < -0.3 is 16.0 Å². The Kier molecular flexibility index (Phi) is 5.25. The first kappa shape index (κ1) is 17.3. The van der Waals surface area contributed by atoms with Crippen molar-refractivity contribution in [2.45, 2.75) is 25.8 Å². The molecule has 1 aliphatic rings. The average Bonchev–Trinajstić information content (AvgIpc) is 2.54. The number of benzene rings is 1. The minimum Gasteiger partial charge on any atom is -0.369 e. The number of halogens is 3. The predicted octanol–water partition coefficient (Wildman–Crippen LogP) is 0.211. The van der Waals surface area contributed by atoms with Crippen LogP contribution in [0.25, 0.3) is 0 Å². The van der Waals surface area contributed by atoms with Crippen LogP contribution in [0.4, 0.5) is 18.9 Å². The maximum Gasteiger partial charge on any atom is 0.282 e. The van der Waals surface area contributed by atoms with Crippen LogP contribution in [0.5, 0.6) is 0 Å². The Morgan fingerprint density at radius 3 is 2.65 bits per heavy atom. The quantitative estimate of drug-likeness (QED) is 0.691. The van der Waals surface area contributed by atoms with Gasteiger partial charge in [-0.15, -0.1) is 0 Å². The number of quaternary nitrogens is 1. The maximum absolute atomic E-state index is 13.6. The van der Waals surface area contributed by atoms with Gasteiger partial charge in [-0.3, -0.25) is 9.59 Å². The van der Waals surface area contributed by atoms with E-state index in [1.165, 1.54) is 0 Å². The fourth-order valence-corrected chi connectivity index (χ4v) is 2.78. The van der Waals surface area contributed by atoms with Crippen molar-refractivity contribution < 1.29 is 27.7 Å². The van der Waals surface area contributed by atoms with E-state index < -0.39 is 41.0 Å². The molecule has 1 aromatic carbocycles. The molecule has 0 radical (unpaired) electrons. The van der Waals surface area contributed by atoms with E-state index in [-0.39, 0.29) is 5.92 Å². The Balaban J connectivity index is 2.05. The van der Waals surface area contributed by atoms with Crippen molar-refractivity contribution in [3.05, 3.63) is 29.6 Å². The van der Waals surface area contributed by atoms with Gasteiger partial charge in [0.15, 0.2) is 23.5 Å². The Labute approximate surface area is 131 Å². The second-order valence-electron chi connectivity index (χ2n) is 5.79. The molecule has 2 amide bonds. The molecule has 23 heavy (non-hydrogen) atoms. The third-order valence-corrected chi connectivity index (χ3v) is 4.26. The van der Waals surface area contributed by atoms with Gasteiger partial charge in [0.25, 0.3) is 5.91 Å². The van der Waals surface area contributed by atoms with Gasteiger partial charge in [-0.1, -0.05) is 0 Å². The fourth-order valence-electron chi connectivity index (χ4n) is 2.78. The molecule has 0 spiro atoms. The van der Waals surface area contributed by atoms with E-state index in [1.807, 2.05) is 0 Å². The summed E-state index contributed by atoms with van der Waals surface area (Å²) >= 11 is 0. The van der Waals surface area contributed by atoms with Crippen LogP contribution in [0.2, 0.25) is 0 Å². The van der Waals surface area contributed by atoms with Crippen LogP contribution >= 0.6 is 0 Å². The highest BCUT2D eigenvalue weighted by Gasteiger charge is 2.33. The molecule has 0 saturated carbocycles. The van der Waals surface area contributed by atoms with Crippen molar-refractivity contribution >= 4 is 17.5 Å². The highest BCUT2D eigenvalue weighted by atomic mass is 19.2. The molecule has 1 saturated heterocycles. The van der Waals surface area contributed by atoms with Crippen molar-refractivity contribution in [3.8, 4) is 0 Å². The smallest absolute Gasteiger partial charge is 0.282 e. The van der Waals surface area contributed by atoms with Gasteiger partial charge in [0, 0.05) is 0 Å². The number of nitrogens with one attached hydrogen (secondary N) is 2. The van der Waals surface area contributed by atoms with Gasteiger partial charge in [0.1, 0.15) is 0 Å². The van der Waals surface area contributed by atoms with Crippen LogP contribution in [0.3, 0.4) is 0 Å². The minimum atomic E-state index is -1.63. The van der Waals surface area contributed by atoms with E-state index in [2.05, 4.69) is 5.32 Å². The number of rotatable bonds is 4.